The van der Waals surface area contributed by atoms with Gasteiger partial charge in [-0.2, -0.15) is 5.26 Å². The summed E-state index contributed by atoms with van der Waals surface area (Å²) in [5.41, 5.74) is 8.45. The van der Waals surface area contributed by atoms with E-state index >= 15 is 0 Å². The first-order valence-corrected chi connectivity index (χ1v) is 6.37. The van der Waals surface area contributed by atoms with Crippen LogP contribution in [0, 0.1) is 18.3 Å². The van der Waals surface area contributed by atoms with Crippen molar-refractivity contribution in [1.82, 2.24) is 0 Å². The molecule has 3 N–H and O–H groups in total. The van der Waals surface area contributed by atoms with E-state index in [2.05, 4.69) is 5.32 Å². The molecule has 21 heavy (non-hydrogen) atoms. The summed E-state index contributed by atoms with van der Waals surface area (Å²) >= 11 is 0. The smallest absolute Gasteiger partial charge is 0.262 e. The molecule has 0 fully saturated rings. The molecule has 0 saturated carbocycles. The number of amides is 1. The number of nitrogens with two attached hydrogens (primary N) is 1. The molecule has 1 amide bonds. The fourth-order valence-electron chi connectivity index (χ4n) is 1.79. The van der Waals surface area contributed by atoms with Crippen molar-refractivity contribution in [3.05, 3.63) is 53.6 Å². The van der Waals surface area contributed by atoms with Gasteiger partial charge in [-0.3, -0.25) is 4.79 Å². The molecule has 0 radical (unpaired) electrons. The molecule has 0 heterocycles. The zero-order valence-corrected chi connectivity index (χ0v) is 11.6. The van der Waals surface area contributed by atoms with Gasteiger partial charge < -0.3 is 15.8 Å². The molecular formula is C16H15N3O2. The van der Waals surface area contributed by atoms with Gasteiger partial charge in [0.2, 0.25) is 0 Å². The van der Waals surface area contributed by atoms with Crippen molar-refractivity contribution in [3.8, 4) is 11.8 Å². The number of nitrogen functional groups attached to an aromatic ring is 1. The molecule has 2 rings (SSSR count). The number of hydrogen-bond donors (Lipinski definition) is 2. The van der Waals surface area contributed by atoms with Crippen LogP contribution in [-0.2, 0) is 4.79 Å². The molecule has 0 spiro atoms. The first kappa shape index (κ1) is 14.4. The maximum absolute atomic E-state index is 11.8. The van der Waals surface area contributed by atoms with Gasteiger partial charge in [0.1, 0.15) is 5.75 Å². The highest BCUT2D eigenvalue weighted by Crippen LogP contribution is 2.17. The van der Waals surface area contributed by atoms with Crippen LogP contribution in [0.1, 0.15) is 11.1 Å². The van der Waals surface area contributed by atoms with Crippen molar-refractivity contribution in [3.63, 3.8) is 0 Å². The Kier molecular flexibility index (Phi) is 4.42. The second kappa shape index (κ2) is 6.44. The summed E-state index contributed by atoms with van der Waals surface area (Å²) in [6.07, 6.45) is 0. The summed E-state index contributed by atoms with van der Waals surface area (Å²) in [6.45, 7) is 1.77. The number of benzene rings is 2. The van der Waals surface area contributed by atoms with Gasteiger partial charge in [-0.1, -0.05) is 0 Å². The lowest BCUT2D eigenvalue weighted by Gasteiger charge is -2.10. The van der Waals surface area contributed by atoms with E-state index in [4.69, 9.17) is 15.7 Å². The molecule has 0 aliphatic heterocycles. The van der Waals surface area contributed by atoms with Crippen molar-refractivity contribution in [2.75, 3.05) is 17.7 Å². The molecular weight excluding hydrogens is 266 g/mol. The fourth-order valence-corrected chi connectivity index (χ4v) is 1.79. The van der Waals surface area contributed by atoms with Crippen LogP contribution in [0.25, 0.3) is 0 Å². The Morgan fingerprint density at radius 2 is 2.00 bits per heavy atom. The van der Waals surface area contributed by atoms with Crippen molar-refractivity contribution in [2.45, 2.75) is 6.92 Å². The number of aryl methyl sites for hydroxylation is 1. The Morgan fingerprint density at radius 1 is 1.29 bits per heavy atom. The predicted octanol–water partition coefficient (Wildman–Crippen LogP) is 2.47. The Balaban J connectivity index is 1.91. The average molecular weight is 281 g/mol. The van der Waals surface area contributed by atoms with Crippen LogP contribution >= 0.6 is 0 Å². The Hall–Kier alpha value is -3.00. The van der Waals surface area contributed by atoms with Gasteiger partial charge in [0.15, 0.2) is 6.61 Å². The standard InChI is InChI=1S/C16H15N3O2/c1-11-8-13(18)4-7-15(11)19-16(20)10-21-14-5-2-12(9-17)3-6-14/h2-8H,10,18H2,1H3,(H,19,20). The van der Waals surface area contributed by atoms with Crippen LogP contribution in [0.4, 0.5) is 11.4 Å². The Labute approximate surface area is 123 Å². The van der Waals surface area contributed by atoms with Gasteiger partial charge in [-0.25, -0.2) is 0 Å². The Morgan fingerprint density at radius 3 is 2.62 bits per heavy atom. The number of rotatable bonds is 4. The number of carbonyl (C=O) groups is 1. The van der Waals surface area contributed by atoms with Crippen LogP contribution in [0.3, 0.4) is 0 Å². The van der Waals surface area contributed by atoms with E-state index in [1.165, 1.54) is 0 Å². The van der Waals surface area contributed by atoms with E-state index in [0.29, 0.717) is 22.7 Å². The van der Waals surface area contributed by atoms with E-state index < -0.39 is 0 Å². The molecule has 106 valence electrons. The maximum atomic E-state index is 11.8. The first-order valence-electron chi connectivity index (χ1n) is 6.37. The highest BCUT2D eigenvalue weighted by molar-refractivity contribution is 5.92. The van der Waals surface area contributed by atoms with Crippen molar-refractivity contribution < 1.29 is 9.53 Å². The van der Waals surface area contributed by atoms with Gasteiger partial charge in [0.05, 0.1) is 11.6 Å². The van der Waals surface area contributed by atoms with E-state index in [1.807, 2.05) is 13.0 Å². The number of ether oxygens (including phenoxy) is 1. The summed E-state index contributed by atoms with van der Waals surface area (Å²) in [4.78, 5) is 11.8. The van der Waals surface area contributed by atoms with Crippen LogP contribution < -0.4 is 15.8 Å². The highest BCUT2D eigenvalue weighted by Gasteiger charge is 2.06. The molecule has 2 aromatic rings. The number of anilines is 2. The number of nitrogens with zero attached hydrogens (tertiary/aromatic N) is 1. The minimum atomic E-state index is -0.257. The zero-order chi connectivity index (χ0) is 15.2. The monoisotopic (exact) mass is 281 g/mol. The minimum absolute atomic E-state index is 0.101. The summed E-state index contributed by atoms with van der Waals surface area (Å²) in [5.74, 6) is 0.283. The molecule has 2 aromatic carbocycles. The minimum Gasteiger partial charge on any atom is -0.484 e. The number of nitriles is 1. The maximum Gasteiger partial charge on any atom is 0.262 e. The third-order valence-electron chi connectivity index (χ3n) is 2.88. The summed E-state index contributed by atoms with van der Waals surface area (Å²) in [7, 11) is 0. The number of hydrogen-bond acceptors (Lipinski definition) is 4. The highest BCUT2D eigenvalue weighted by atomic mass is 16.5. The van der Waals surface area contributed by atoms with Crippen molar-refractivity contribution >= 4 is 17.3 Å². The summed E-state index contributed by atoms with van der Waals surface area (Å²) in [6, 6.07) is 13.9. The van der Waals surface area contributed by atoms with Gasteiger partial charge >= 0.3 is 0 Å². The SMILES string of the molecule is Cc1cc(N)ccc1NC(=O)COc1ccc(C#N)cc1. The number of nitrogens with one attached hydrogen (secondary N) is 1. The lowest BCUT2D eigenvalue weighted by Crippen LogP contribution is -2.20. The van der Waals surface area contributed by atoms with Gasteiger partial charge in [-0.05, 0) is 55.0 Å². The predicted molar refractivity (Wildman–Crippen MR) is 80.9 cm³/mol. The van der Waals surface area contributed by atoms with E-state index in [-0.39, 0.29) is 12.5 Å². The van der Waals surface area contributed by atoms with Gasteiger partial charge in [0, 0.05) is 11.4 Å². The third kappa shape index (κ3) is 3.98. The van der Waals surface area contributed by atoms with Gasteiger partial charge in [0.25, 0.3) is 5.91 Å². The molecule has 0 saturated heterocycles. The fraction of sp³-hybridized carbons (Fsp3) is 0.125. The molecule has 5 heteroatoms. The van der Waals surface area contributed by atoms with E-state index in [0.717, 1.165) is 5.56 Å². The number of carbonyl (C=O) groups excluding carboxylic acids is 1. The van der Waals surface area contributed by atoms with Crippen LogP contribution in [0.15, 0.2) is 42.5 Å². The summed E-state index contributed by atoms with van der Waals surface area (Å²) in [5, 5.41) is 11.5. The van der Waals surface area contributed by atoms with Crippen molar-refractivity contribution in [1.29, 1.82) is 5.26 Å². The lowest BCUT2D eigenvalue weighted by atomic mass is 10.2. The second-order valence-electron chi connectivity index (χ2n) is 4.55. The normalized spacial score (nSPS) is 9.71. The van der Waals surface area contributed by atoms with Crippen LogP contribution in [0.5, 0.6) is 5.75 Å². The topological polar surface area (TPSA) is 88.1 Å². The lowest BCUT2D eigenvalue weighted by molar-refractivity contribution is -0.118. The molecule has 0 aliphatic carbocycles. The largest absolute Gasteiger partial charge is 0.484 e. The van der Waals surface area contributed by atoms with Crippen LogP contribution in [-0.4, -0.2) is 12.5 Å². The molecule has 5 nitrogen and oxygen atoms in total. The van der Waals surface area contributed by atoms with E-state index in [1.54, 1.807) is 42.5 Å². The first-order chi connectivity index (χ1) is 10.1. The second-order valence-corrected chi connectivity index (χ2v) is 4.55. The molecule has 0 bridgehead atoms. The molecule has 0 aromatic heterocycles. The Bertz CT molecular complexity index is 688. The average Bonchev–Trinajstić information content (AvgIpc) is 2.48. The third-order valence-corrected chi connectivity index (χ3v) is 2.88. The van der Waals surface area contributed by atoms with Crippen LogP contribution in [0.2, 0.25) is 0 Å². The van der Waals surface area contributed by atoms with E-state index in [9.17, 15) is 4.79 Å². The van der Waals surface area contributed by atoms with Crippen molar-refractivity contribution in [2.24, 2.45) is 0 Å². The zero-order valence-electron chi connectivity index (χ0n) is 11.6. The molecule has 0 unspecified atom stereocenters. The molecule has 0 atom stereocenters. The molecule has 0 aliphatic rings. The summed E-state index contributed by atoms with van der Waals surface area (Å²) < 4.78 is 5.36. The quantitative estimate of drug-likeness (QED) is 0.843. The van der Waals surface area contributed by atoms with Gasteiger partial charge in [-0.15, -0.1) is 0 Å².